The molecule has 0 bridgehead atoms. The Morgan fingerprint density at radius 2 is 2.03 bits per heavy atom. The lowest BCUT2D eigenvalue weighted by molar-refractivity contribution is 0.0730. The van der Waals surface area contributed by atoms with Crippen LogP contribution in [-0.4, -0.2) is 78.8 Å². The number of nitrogens with zero attached hydrogens (tertiary/aromatic N) is 3. The van der Waals surface area contributed by atoms with Crippen LogP contribution in [0.1, 0.15) is 10.4 Å². The molecule has 2 aromatic heterocycles. The molecule has 0 aliphatic carbocycles. The highest BCUT2D eigenvalue weighted by molar-refractivity contribution is 7.99. The summed E-state index contributed by atoms with van der Waals surface area (Å²) in [6.07, 6.45) is 1.23. The van der Waals surface area contributed by atoms with Crippen molar-refractivity contribution in [3.63, 3.8) is 0 Å². The highest BCUT2D eigenvalue weighted by Gasteiger charge is 2.26. The van der Waals surface area contributed by atoms with Gasteiger partial charge in [-0.05, 0) is 12.1 Å². The second-order valence-corrected chi connectivity index (χ2v) is 9.66. The van der Waals surface area contributed by atoms with E-state index in [4.69, 9.17) is 15.2 Å². The van der Waals surface area contributed by atoms with Crippen LogP contribution in [0.15, 0.2) is 37.8 Å². The predicted molar refractivity (Wildman–Crippen MR) is 116 cm³/mol. The topological polar surface area (TPSA) is 167 Å². The Morgan fingerprint density at radius 1 is 1.31 bits per heavy atom. The number of sulfonamides is 1. The van der Waals surface area contributed by atoms with Gasteiger partial charge < -0.3 is 15.2 Å². The summed E-state index contributed by atoms with van der Waals surface area (Å²) in [4.78, 5) is 42.9. The summed E-state index contributed by atoms with van der Waals surface area (Å²) in [5, 5.41) is 0.391. The van der Waals surface area contributed by atoms with Crippen LogP contribution >= 0.6 is 11.8 Å². The van der Waals surface area contributed by atoms with Gasteiger partial charge in [0.15, 0.2) is 5.78 Å². The number of carbonyl (C=O) groups excluding carboxylic acids is 1. The van der Waals surface area contributed by atoms with E-state index in [1.54, 1.807) is 0 Å². The first-order valence-electron chi connectivity index (χ1n) is 9.57. The number of nitrogens with one attached hydrogen (secondary N) is 1. The average Bonchev–Trinajstić information content (AvgIpc) is 2.78. The van der Waals surface area contributed by atoms with Crippen LogP contribution in [0, 0.1) is 0 Å². The molecule has 0 amide bonds. The molecule has 0 saturated carbocycles. The SMILES string of the molecule is COCCn1c(N)c(C(=O)CSc2ccc(S(=O)(=O)N3CCOCC3)cn2)c(=O)[nH]c1=O. The number of hydrogen-bond acceptors (Lipinski definition) is 10. The molecular weight excluding hydrogens is 462 g/mol. The zero-order chi connectivity index (χ0) is 23.3. The highest BCUT2D eigenvalue weighted by Crippen LogP contribution is 2.21. The minimum absolute atomic E-state index is 0.0426. The zero-order valence-corrected chi connectivity index (χ0v) is 18.9. The van der Waals surface area contributed by atoms with Gasteiger partial charge in [-0.1, -0.05) is 11.8 Å². The third-order valence-electron chi connectivity index (χ3n) is 4.71. The lowest BCUT2D eigenvalue weighted by Crippen LogP contribution is -2.40. The number of rotatable bonds is 9. The van der Waals surface area contributed by atoms with Crippen molar-refractivity contribution in [2.45, 2.75) is 16.5 Å². The number of morpholine rings is 1. The molecular formula is C18H23N5O7S2. The van der Waals surface area contributed by atoms with Crippen LogP contribution in [0.2, 0.25) is 0 Å². The van der Waals surface area contributed by atoms with Gasteiger partial charge in [-0.25, -0.2) is 18.2 Å². The number of ether oxygens (including phenoxy) is 2. The Kier molecular flexibility index (Phi) is 7.84. The Hall–Kier alpha value is -2.52. The molecule has 1 aliphatic heterocycles. The molecule has 12 nitrogen and oxygen atoms in total. The van der Waals surface area contributed by atoms with E-state index in [9.17, 15) is 22.8 Å². The number of nitrogen functional groups attached to an aromatic ring is 1. The number of carbonyl (C=O) groups is 1. The molecule has 3 N–H and O–H groups in total. The Labute approximate surface area is 187 Å². The van der Waals surface area contributed by atoms with Crippen molar-refractivity contribution >= 4 is 33.4 Å². The third kappa shape index (κ3) is 5.27. The zero-order valence-electron chi connectivity index (χ0n) is 17.3. The van der Waals surface area contributed by atoms with Crippen molar-refractivity contribution in [2.24, 2.45) is 0 Å². The van der Waals surface area contributed by atoms with E-state index in [0.29, 0.717) is 18.2 Å². The van der Waals surface area contributed by atoms with Gasteiger partial charge in [0, 0.05) is 26.4 Å². The van der Waals surface area contributed by atoms with Gasteiger partial charge >= 0.3 is 5.69 Å². The standard InChI is InChI=1S/C18H23N5O7S2/c1-29-7-6-23-16(19)15(17(25)21-18(23)26)13(24)11-31-14-3-2-12(10-20-14)32(27,28)22-4-8-30-9-5-22/h2-3,10H,4-9,11,19H2,1H3,(H,21,25,26). The number of hydrogen-bond donors (Lipinski definition) is 2. The predicted octanol–water partition coefficient (Wildman–Crippen LogP) is -0.844. The maximum atomic E-state index is 12.6. The molecule has 3 rings (SSSR count). The third-order valence-corrected chi connectivity index (χ3v) is 7.53. The summed E-state index contributed by atoms with van der Waals surface area (Å²) in [5.74, 6) is -1.01. The normalized spacial score (nSPS) is 15.0. The summed E-state index contributed by atoms with van der Waals surface area (Å²) in [7, 11) is -2.23. The number of ketones is 1. The summed E-state index contributed by atoms with van der Waals surface area (Å²) in [6, 6.07) is 2.90. The first-order chi connectivity index (χ1) is 15.3. The molecule has 174 valence electrons. The fourth-order valence-corrected chi connectivity index (χ4v) is 5.08. The van der Waals surface area contributed by atoms with Gasteiger partial charge in [-0.2, -0.15) is 4.31 Å². The van der Waals surface area contributed by atoms with Crippen molar-refractivity contribution in [1.29, 1.82) is 0 Å². The average molecular weight is 486 g/mol. The number of aromatic nitrogens is 3. The summed E-state index contributed by atoms with van der Waals surface area (Å²) >= 11 is 1.01. The Morgan fingerprint density at radius 3 is 2.66 bits per heavy atom. The molecule has 0 spiro atoms. The highest BCUT2D eigenvalue weighted by atomic mass is 32.2. The maximum absolute atomic E-state index is 12.6. The number of methoxy groups -OCH3 is 1. The molecule has 32 heavy (non-hydrogen) atoms. The molecule has 1 aliphatic rings. The lowest BCUT2D eigenvalue weighted by atomic mass is 10.2. The summed E-state index contributed by atoms with van der Waals surface area (Å²) in [5.41, 5.74) is 3.98. The van der Waals surface area contributed by atoms with Crippen LogP contribution in [0.3, 0.4) is 0 Å². The number of anilines is 1. The number of aromatic amines is 1. The molecule has 1 saturated heterocycles. The van der Waals surface area contributed by atoms with Crippen molar-refractivity contribution < 1.29 is 22.7 Å². The monoisotopic (exact) mass is 485 g/mol. The van der Waals surface area contributed by atoms with Crippen molar-refractivity contribution in [3.8, 4) is 0 Å². The molecule has 0 radical (unpaired) electrons. The number of Topliss-reactive ketones (excluding diaryl/α,β-unsaturated/α-hetero) is 1. The minimum atomic E-state index is -3.67. The molecule has 2 aromatic rings. The number of thioether (sulfide) groups is 1. The van der Waals surface area contributed by atoms with E-state index in [2.05, 4.69) is 9.97 Å². The van der Waals surface area contributed by atoms with E-state index in [1.807, 2.05) is 0 Å². The molecule has 0 unspecified atom stereocenters. The number of H-pyrrole nitrogens is 1. The van der Waals surface area contributed by atoms with E-state index in [0.717, 1.165) is 16.3 Å². The second kappa shape index (κ2) is 10.4. The smallest absolute Gasteiger partial charge is 0.330 e. The summed E-state index contributed by atoms with van der Waals surface area (Å²) in [6.45, 7) is 1.47. The molecule has 1 fully saturated rings. The van der Waals surface area contributed by atoms with Crippen LogP contribution < -0.4 is 17.0 Å². The van der Waals surface area contributed by atoms with E-state index >= 15 is 0 Å². The molecule has 0 aromatic carbocycles. The molecule has 0 atom stereocenters. The van der Waals surface area contributed by atoms with Crippen LogP contribution in [0.5, 0.6) is 0 Å². The van der Waals surface area contributed by atoms with Crippen LogP contribution in [0.4, 0.5) is 5.82 Å². The minimum Gasteiger partial charge on any atom is -0.384 e. The first kappa shape index (κ1) is 24.1. The Bertz CT molecular complexity index is 1190. The van der Waals surface area contributed by atoms with Crippen LogP contribution in [0.25, 0.3) is 0 Å². The van der Waals surface area contributed by atoms with E-state index < -0.39 is 27.1 Å². The van der Waals surface area contributed by atoms with Crippen molar-refractivity contribution in [3.05, 3.63) is 44.7 Å². The number of pyridine rings is 1. The van der Waals surface area contributed by atoms with Gasteiger partial charge in [0.05, 0.1) is 37.1 Å². The lowest BCUT2D eigenvalue weighted by Gasteiger charge is -2.25. The fraction of sp³-hybridized carbons (Fsp3) is 0.444. The van der Waals surface area contributed by atoms with Gasteiger partial charge in [0.25, 0.3) is 5.56 Å². The first-order valence-corrected chi connectivity index (χ1v) is 12.0. The fourth-order valence-electron chi connectivity index (χ4n) is 3.01. The van der Waals surface area contributed by atoms with Gasteiger partial charge in [-0.3, -0.25) is 19.1 Å². The van der Waals surface area contributed by atoms with Gasteiger partial charge in [-0.15, -0.1) is 0 Å². The van der Waals surface area contributed by atoms with Gasteiger partial charge in [0.1, 0.15) is 16.3 Å². The van der Waals surface area contributed by atoms with E-state index in [1.165, 1.54) is 29.7 Å². The Balaban J connectivity index is 1.71. The van der Waals surface area contributed by atoms with E-state index in [-0.39, 0.29) is 48.3 Å². The maximum Gasteiger partial charge on any atom is 0.330 e. The van der Waals surface area contributed by atoms with Crippen molar-refractivity contribution in [2.75, 3.05) is 51.5 Å². The summed E-state index contributed by atoms with van der Waals surface area (Å²) < 4.78 is 37.8. The second-order valence-electron chi connectivity index (χ2n) is 6.72. The quantitative estimate of drug-likeness (QED) is 0.337. The molecule has 14 heteroatoms. The number of nitrogens with two attached hydrogens (primary N) is 1. The van der Waals surface area contributed by atoms with Crippen LogP contribution in [-0.2, 0) is 26.0 Å². The largest absolute Gasteiger partial charge is 0.384 e. The molecule has 3 heterocycles. The van der Waals surface area contributed by atoms with Crippen molar-refractivity contribution in [1.82, 2.24) is 18.8 Å². The van der Waals surface area contributed by atoms with Gasteiger partial charge in [0.2, 0.25) is 10.0 Å².